The summed E-state index contributed by atoms with van der Waals surface area (Å²) in [5, 5.41) is 13.8. The fourth-order valence-electron chi connectivity index (χ4n) is 1.42. The van der Waals surface area contributed by atoms with Crippen LogP contribution in [0.1, 0.15) is 24.6 Å². The van der Waals surface area contributed by atoms with E-state index in [9.17, 15) is 9.59 Å². The molecule has 0 aromatic carbocycles. The number of aryl methyl sites for hydroxylation is 1. The highest BCUT2D eigenvalue weighted by Crippen LogP contribution is 2.02. The third-order valence-electron chi connectivity index (χ3n) is 2.55. The zero-order chi connectivity index (χ0) is 13.5. The van der Waals surface area contributed by atoms with Crippen LogP contribution < -0.4 is 10.6 Å². The van der Waals surface area contributed by atoms with E-state index in [0.29, 0.717) is 6.42 Å². The summed E-state index contributed by atoms with van der Waals surface area (Å²) in [6.45, 7) is 3.87. The fourth-order valence-corrected chi connectivity index (χ4v) is 1.42. The van der Waals surface area contributed by atoms with E-state index in [0.717, 1.165) is 11.3 Å². The summed E-state index contributed by atoms with van der Waals surface area (Å²) in [6.07, 6.45) is 1.99. The van der Waals surface area contributed by atoms with Crippen LogP contribution in [-0.2, 0) is 11.3 Å². The van der Waals surface area contributed by atoms with Crippen LogP contribution in [0, 0.1) is 6.92 Å². The van der Waals surface area contributed by atoms with Gasteiger partial charge in [-0.05, 0) is 25.0 Å². The summed E-state index contributed by atoms with van der Waals surface area (Å²) in [6, 6.07) is 2.34. The largest absolute Gasteiger partial charge is 0.480 e. The molecule has 3 N–H and O–H groups in total. The van der Waals surface area contributed by atoms with Gasteiger partial charge in [0.25, 0.3) is 0 Å². The van der Waals surface area contributed by atoms with Crippen molar-refractivity contribution in [3.63, 3.8) is 0 Å². The van der Waals surface area contributed by atoms with Gasteiger partial charge in [0.2, 0.25) is 0 Å². The van der Waals surface area contributed by atoms with Gasteiger partial charge in [0.1, 0.15) is 6.04 Å². The SMILES string of the molecule is CCC(NC(=O)NCc1ncccc1C)C(=O)O. The summed E-state index contributed by atoms with van der Waals surface area (Å²) in [5.74, 6) is -1.04. The summed E-state index contributed by atoms with van der Waals surface area (Å²) in [4.78, 5) is 26.4. The molecule has 1 heterocycles. The van der Waals surface area contributed by atoms with Crippen LogP contribution in [0.5, 0.6) is 0 Å². The molecule has 0 aliphatic heterocycles. The van der Waals surface area contributed by atoms with Gasteiger partial charge in [-0.15, -0.1) is 0 Å². The Morgan fingerprint density at radius 2 is 2.22 bits per heavy atom. The highest BCUT2D eigenvalue weighted by molar-refractivity contribution is 5.82. The molecule has 2 amide bonds. The number of carboxylic acids is 1. The number of aromatic nitrogens is 1. The quantitative estimate of drug-likeness (QED) is 0.729. The molecule has 98 valence electrons. The van der Waals surface area contributed by atoms with Crippen LogP contribution in [0.2, 0.25) is 0 Å². The Bertz CT molecular complexity index is 434. The van der Waals surface area contributed by atoms with Gasteiger partial charge < -0.3 is 15.7 Å². The van der Waals surface area contributed by atoms with Crippen LogP contribution in [0.4, 0.5) is 4.79 Å². The number of hydrogen-bond acceptors (Lipinski definition) is 3. The third-order valence-corrected chi connectivity index (χ3v) is 2.55. The van der Waals surface area contributed by atoms with E-state index >= 15 is 0 Å². The topological polar surface area (TPSA) is 91.3 Å². The van der Waals surface area contributed by atoms with Gasteiger partial charge in [0, 0.05) is 6.20 Å². The molecule has 0 saturated carbocycles. The Balaban J connectivity index is 2.47. The smallest absolute Gasteiger partial charge is 0.326 e. The van der Waals surface area contributed by atoms with E-state index in [1.54, 1.807) is 13.1 Å². The molecule has 1 aromatic heterocycles. The van der Waals surface area contributed by atoms with Crippen molar-refractivity contribution in [2.45, 2.75) is 32.9 Å². The van der Waals surface area contributed by atoms with Gasteiger partial charge in [-0.2, -0.15) is 0 Å². The Morgan fingerprint density at radius 3 is 2.78 bits per heavy atom. The zero-order valence-electron chi connectivity index (χ0n) is 10.4. The lowest BCUT2D eigenvalue weighted by molar-refractivity contribution is -0.139. The molecular formula is C12H17N3O3. The fraction of sp³-hybridized carbons (Fsp3) is 0.417. The number of carbonyl (C=O) groups excluding carboxylic acids is 1. The number of hydrogen-bond donors (Lipinski definition) is 3. The number of urea groups is 1. The molecule has 0 aliphatic rings. The van der Waals surface area contributed by atoms with Gasteiger partial charge in [0.05, 0.1) is 12.2 Å². The van der Waals surface area contributed by atoms with Gasteiger partial charge in [0.15, 0.2) is 0 Å². The second-order valence-corrected chi connectivity index (χ2v) is 3.89. The maximum atomic E-state index is 11.5. The molecule has 0 fully saturated rings. The monoisotopic (exact) mass is 251 g/mol. The molecule has 0 aliphatic carbocycles. The van der Waals surface area contributed by atoms with Crippen molar-refractivity contribution in [2.24, 2.45) is 0 Å². The molecule has 6 heteroatoms. The van der Waals surface area contributed by atoms with Gasteiger partial charge in [-0.25, -0.2) is 9.59 Å². The summed E-state index contributed by atoms with van der Waals surface area (Å²) >= 11 is 0. The Morgan fingerprint density at radius 1 is 1.50 bits per heavy atom. The number of carboxylic acid groups (broad SMARTS) is 1. The zero-order valence-corrected chi connectivity index (χ0v) is 10.4. The molecule has 18 heavy (non-hydrogen) atoms. The van der Waals surface area contributed by atoms with Crippen LogP contribution in [-0.4, -0.2) is 28.1 Å². The highest BCUT2D eigenvalue weighted by atomic mass is 16.4. The lowest BCUT2D eigenvalue weighted by Crippen LogP contribution is -2.45. The van der Waals surface area contributed by atoms with Crippen LogP contribution in [0.3, 0.4) is 0 Å². The van der Waals surface area contributed by atoms with Crippen molar-refractivity contribution in [2.75, 3.05) is 0 Å². The first-order valence-electron chi connectivity index (χ1n) is 5.72. The van der Waals surface area contributed by atoms with Crippen molar-refractivity contribution in [3.05, 3.63) is 29.6 Å². The standard InChI is InChI=1S/C12H17N3O3/c1-3-9(11(16)17)15-12(18)14-7-10-8(2)5-4-6-13-10/h4-6,9H,3,7H2,1-2H3,(H,16,17)(H2,14,15,18). The third kappa shape index (κ3) is 4.04. The molecule has 1 unspecified atom stereocenters. The van der Waals surface area contributed by atoms with E-state index in [1.165, 1.54) is 0 Å². The van der Waals surface area contributed by atoms with E-state index in [1.807, 2.05) is 19.1 Å². The van der Waals surface area contributed by atoms with Crippen molar-refractivity contribution in [3.8, 4) is 0 Å². The molecule has 6 nitrogen and oxygen atoms in total. The summed E-state index contributed by atoms with van der Waals surface area (Å²) in [7, 11) is 0. The maximum Gasteiger partial charge on any atom is 0.326 e. The predicted octanol–water partition coefficient (Wildman–Crippen LogP) is 1.05. The van der Waals surface area contributed by atoms with Crippen molar-refractivity contribution < 1.29 is 14.7 Å². The number of rotatable bonds is 5. The molecule has 0 bridgehead atoms. The molecule has 0 saturated heterocycles. The summed E-state index contributed by atoms with van der Waals surface area (Å²) < 4.78 is 0. The van der Waals surface area contributed by atoms with E-state index in [4.69, 9.17) is 5.11 Å². The molecule has 1 atom stereocenters. The molecule has 0 spiro atoms. The first kappa shape index (κ1) is 14.0. The van der Waals surface area contributed by atoms with E-state index in [2.05, 4.69) is 15.6 Å². The lowest BCUT2D eigenvalue weighted by Gasteiger charge is -2.13. The number of nitrogens with zero attached hydrogens (tertiary/aromatic N) is 1. The molecule has 1 rings (SSSR count). The van der Waals surface area contributed by atoms with Crippen LogP contribution in [0.15, 0.2) is 18.3 Å². The second kappa shape index (κ2) is 6.58. The molecular weight excluding hydrogens is 234 g/mol. The van der Waals surface area contributed by atoms with E-state index < -0.39 is 18.0 Å². The number of nitrogens with one attached hydrogen (secondary N) is 2. The average Bonchev–Trinajstić information content (AvgIpc) is 2.34. The second-order valence-electron chi connectivity index (χ2n) is 3.89. The van der Waals surface area contributed by atoms with Crippen molar-refractivity contribution >= 4 is 12.0 Å². The number of amides is 2. The number of aliphatic carboxylic acids is 1. The van der Waals surface area contributed by atoms with Gasteiger partial charge in [-0.1, -0.05) is 13.0 Å². The normalized spacial score (nSPS) is 11.7. The van der Waals surface area contributed by atoms with E-state index in [-0.39, 0.29) is 6.54 Å². The van der Waals surface area contributed by atoms with Crippen molar-refractivity contribution in [1.82, 2.24) is 15.6 Å². The first-order chi connectivity index (χ1) is 8.54. The first-order valence-corrected chi connectivity index (χ1v) is 5.72. The number of carbonyl (C=O) groups is 2. The van der Waals surface area contributed by atoms with Crippen LogP contribution in [0.25, 0.3) is 0 Å². The highest BCUT2D eigenvalue weighted by Gasteiger charge is 2.17. The minimum atomic E-state index is -1.04. The Kier molecular flexibility index (Phi) is 5.10. The minimum Gasteiger partial charge on any atom is -0.480 e. The van der Waals surface area contributed by atoms with Crippen molar-refractivity contribution in [1.29, 1.82) is 0 Å². The molecule has 1 aromatic rings. The number of pyridine rings is 1. The average molecular weight is 251 g/mol. The lowest BCUT2D eigenvalue weighted by atomic mass is 10.2. The van der Waals surface area contributed by atoms with Crippen LogP contribution >= 0.6 is 0 Å². The maximum absolute atomic E-state index is 11.5. The minimum absolute atomic E-state index is 0.272. The predicted molar refractivity (Wildman–Crippen MR) is 66.1 cm³/mol. The van der Waals surface area contributed by atoms with Gasteiger partial charge >= 0.3 is 12.0 Å². The Hall–Kier alpha value is -2.11. The Labute approximate surface area is 105 Å². The summed E-state index contributed by atoms with van der Waals surface area (Å²) in [5.41, 5.74) is 1.74. The molecule has 0 radical (unpaired) electrons. The van der Waals surface area contributed by atoms with Gasteiger partial charge in [-0.3, -0.25) is 4.98 Å².